The second kappa shape index (κ2) is 5.02. The summed E-state index contributed by atoms with van der Waals surface area (Å²) in [7, 11) is 0. The van der Waals surface area contributed by atoms with E-state index in [0.717, 1.165) is 5.92 Å². The monoisotopic (exact) mass is 267 g/mol. The van der Waals surface area contributed by atoms with Crippen molar-refractivity contribution in [2.24, 2.45) is 5.92 Å². The van der Waals surface area contributed by atoms with Gasteiger partial charge in [-0.2, -0.15) is 0 Å². The van der Waals surface area contributed by atoms with Gasteiger partial charge in [0.15, 0.2) is 0 Å². The van der Waals surface area contributed by atoms with Gasteiger partial charge in [0.25, 0.3) is 0 Å². The molecule has 0 saturated heterocycles. The Morgan fingerprint density at radius 3 is 2.80 bits per heavy atom. The number of hydrogen-bond acceptors (Lipinski definition) is 1. The highest BCUT2D eigenvalue weighted by Gasteiger charge is 2.18. The van der Waals surface area contributed by atoms with Gasteiger partial charge in [-0.3, -0.25) is 0 Å². The molecule has 15 heavy (non-hydrogen) atoms. The Morgan fingerprint density at radius 2 is 2.07 bits per heavy atom. The first kappa shape index (κ1) is 11.0. The van der Waals surface area contributed by atoms with Crippen LogP contribution in [0, 0.1) is 5.92 Å². The Bertz CT molecular complexity index is 324. The predicted molar refractivity (Wildman–Crippen MR) is 69.2 cm³/mol. The lowest BCUT2D eigenvalue weighted by Crippen LogP contribution is -2.26. The zero-order valence-corrected chi connectivity index (χ0v) is 10.8. The van der Waals surface area contributed by atoms with Crippen LogP contribution in [0.4, 0.5) is 5.69 Å². The van der Waals surface area contributed by atoms with Gasteiger partial charge >= 0.3 is 0 Å². The summed E-state index contributed by atoms with van der Waals surface area (Å²) in [6.45, 7) is 2.36. The first-order valence-corrected chi connectivity index (χ1v) is 6.56. The van der Waals surface area contributed by atoms with Crippen LogP contribution in [-0.2, 0) is 0 Å². The number of nitrogens with one attached hydrogen (secondary N) is 1. The molecular formula is C13H18BrN. The molecule has 0 aromatic heterocycles. The van der Waals surface area contributed by atoms with Gasteiger partial charge in [-0.1, -0.05) is 31.9 Å². The minimum atomic E-state index is 0.660. The molecule has 1 aliphatic carbocycles. The van der Waals surface area contributed by atoms with Crippen molar-refractivity contribution in [2.45, 2.75) is 38.6 Å². The molecular weight excluding hydrogens is 250 g/mol. The summed E-state index contributed by atoms with van der Waals surface area (Å²) >= 11 is 3.58. The van der Waals surface area contributed by atoms with Crippen LogP contribution in [0.3, 0.4) is 0 Å². The van der Waals surface area contributed by atoms with Crippen LogP contribution in [-0.4, -0.2) is 6.04 Å². The molecule has 2 rings (SSSR count). The largest absolute Gasteiger partial charge is 0.381 e. The molecule has 1 aliphatic rings. The second-order valence-electron chi connectivity index (χ2n) is 4.59. The molecule has 2 heteroatoms. The van der Waals surface area contributed by atoms with E-state index >= 15 is 0 Å². The summed E-state index contributed by atoms with van der Waals surface area (Å²) in [5.74, 6) is 0.874. The zero-order chi connectivity index (χ0) is 10.7. The van der Waals surface area contributed by atoms with Crippen LogP contribution in [0.5, 0.6) is 0 Å². The Hall–Kier alpha value is -0.500. The minimum Gasteiger partial charge on any atom is -0.381 e. The fourth-order valence-corrected chi connectivity index (χ4v) is 2.76. The molecule has 0 spiro atoms. The fraction of sp³-hybridized carbons (Fsp3) is 0.538. The van der Waals surface area contributed by atoms with Crippen LogP contribution in [0.1, 0.15) is 32.6 Å². The molecule has 2 unspecified atom stereocenters. The Labute approximate surface area is 100 Å². The molecule has 0 bridgehead atoms. The third-order valence-electron chi connectivity index (χ3n) is 3.17. The average Bonchev–Trinajstić information content (AvgIpc) is 2.22. The maximum Gasteiger partial charge on any atom is 0.0486 e. The highest BCUT2D eigenvalue weighted by Crippen LogP contribution is 2.28. The molecule has 1 aromatic carbocycles. The van der Waals surface area contributed by atoms with Gasteiger partial charge in [0.1, 0.15) is 0 Å². The average molecular weight is 268 g/mol. The molecule has 1 N–H and O–H groups in total. The van der Waals surface area contributed by atoms with Gasteiger partial charge < -0.3 is 5.32 Å². The highest BCUT2D eigenvalue weighted by molar-refractivity contribution is 9.10. The van der Waals surface area contributed by atoms with Crippen molar-refractivity contribution >= 4 is 21.6 Å². The van der Waals surface area contributed by atoms with Crippen LogP contribution in [0.2, 0.25) is 0 Å². The maximum absolute atomic E-state index is 3.63. The molecule has 82 valence electrons. The molecule has 1 saturated carbocycles. The van der Waals surface area contributed by atoms with E-state index in [-0.39, 0.29) is 0 Å². The molecule has 0 heterocycles. The number of para-hydroxylation sites is 1. The van der Waals surface area contributed by atoms with Gasteiger partial charge in [0.05, 0.1) is 0 Å². The van der Waals surface area contributed by atoms with Crippen molar-refractivity contribution in [2.75, 3.05) is 5.32 Å². The van der Waals surface area contributed by atoms with Gasteiger partial charge in [-0.05, 0) is 46.8 Å². The smallest absolute Gasteiger partial charge is 0.0486 e. The number of halogens is 1. The normalized spacial score (nSPS) is 26.3. The van der Waals surface area contributed by atoms with Gasteiger partial charge in [-0.15, -0.1) is 0 Å². The molecule has 1 nitrogen and oxygen atoms in total. The number of benzene rings is 1. The van der Waals surface area contributed by atoms with E-state index in [1.54, 1.807) is 0 Å². The third-order valence-corrected chi connectivity index (χ3v) is 3.86. The van der Waals surface area contributed by atoms with E-state index < -0.39 is 0 Å². The van der Waals surface area contributed by atoms with Gasteiger partial charge in [-0.25, -0.2) is 0 Å². The SMILES string of the molecule is CC1CCCC(Nc2ccccc2Br)C1. The van der Waals surface area contributed by atoms with Crippen molar-refractivity contribution in [3.63, 3.8) is 0 Å². The third kappa shape index (κ3) is 2.97. The Kier molecular flexibility index (Phi) is 3.68. The lowest BCUT2D eigenvalue weighted by Gasteiger charge is -2.28. The molecule has 0 aliphatic heterocycles. The van der Waals surface area contributed by atoms with Crippen molar-refractivity contribution in [3.8, 4) is 0 Å². The number of anilines is 1. The first-order chi connectivity index (χ1) is 7.25. The standard InChI is InChI=1S/C13H18BrN/c1-10-5-4-6-11(9-10)15-13-8-3-2-7-12(13)14/h2-3,7-8,10-11,15H,4-6,9H2,1H3. The first-order valence-electron chi connectivity index (χ1n) is 5.77. The van der Waals surface area contributed by atoms with E-state index in [0.29, 0.717) is 6.04 Å². The molecule has 2 atom stereocenters. The summed E-state index contributed by atoms with van der Waals surface area (Å²) in [6, 6.07) is 9.03. The minimum absolute atomic E-state index is 0.660. The molecule has 1 fully saturated rings. The van der Waals surface area contributed by atoms with E-state index in [9.17, 15) is 0 Å². The summed E-state index contributed by atoms with van der Waals surface area (Å²) < 4.78 is 1.17. The highest BCUT2D eigenvalue weighted by atomic mass is 79.9. The number of hydrogen-bond donors (Lipinski definition) is 1. The van der Waals surface area contributed by atoms with Crippen LogP contribution >= 0.6 is 15.9 Å². The summed E-state index contributed by atoms with van der Waals surface area (Å²) in [6.07, 6.45) is 5.38. The maximum atomic E-state index is 3.63. The van der Waals surface area contributed by atoms with Crippen LogP contribution in [0.15, 0.2) is 28.7 Å². The summed E-state index contributed by atoms with van der Waals surface area (Å²) in [4.78, 5) is 0. The predicted octanol–water partition coefficient (Wildman–Crippen LogP) is 4.44. The van der Waals surface area contributed by atoms with Crippen molar-refractivity contribution < 1.29 is 0 Å². The Balaban J connectivity index is 1.99. The van der Waals surface area contributed by atoms with Gasteiger partial charge in [0.2, 0.25) is 0 Å². The van der Waals surface area contributed by atoms with E-state index in [2.05, 4.69) is 52.4 Å². The quantitative estimate of drug-likeness (QED) is 0.836. The molecule has 0 amide bonds. The van der Waals surface area contributed by atoms with E-state index in [1.165, 1.54) is 35.8 Å². The molecule has 0 radical (unpaired) electrons. The summed E-state index contributed by atoms with van der Waals surface area (Å²) in [5, 5.41) is 3.63. The fourth-order valence-electron chi connectivity index (χ4n) is 2.36. The molecule has 1 aromatic rings. The van der Waals surface area contributed by atoms with Crippen LogP contribution < -0.4 is 5.32 Å². The summed E-state index contributed by atoms with van der Waals surface area (Å²) in [5.41, 5.74) is 1.23. The van der Waals surface area contributed by atoms with Crippen molar-refractivity contribution in [1.82, 2.24) is 0 Å². The van der Waals surface area contributed by atoms with E-state index in [1.807, 2.05) is 0 Å². The van der Waals surface area contributed by atoms with Gasteiger partial charge in [0, 0.05) is 16.2 Å². The van der Waals surface area contributed by atoms with Crippen molar-refractivity contribution in [1.29, 1.82) is 0 Å². The zero-order valence-electron chi connectivity index (χ0n) is 9.17. The number of rotatable bonds is 2. The lowest BCUT2D eigenvalue weighted by molar-refractivity contribution is 0.358. The Morgan fingerprint density at radius 1 is 1.27 bits per heavy atom. The van der Waals surface area contributed by atoms with E-state index in [4.69, 9.17) is 0 Å². The second-order valence-corrected chi connectivity index (χ2v) is 5.45. The lowest BCUT2D eigenvalue weighted by atomic mass is 9.87. The van der Waals surface area contributed by atoms with Crippen molar-refractivity contribution in [3.05, 3.63) is 28.7 Å². The van der Waals surface area contributed by atoms with Crippen LogP contribution in [0.25, 0.3) is 0 Å². The topological polar surface area (TPSA) is 12.0 Å².